The van der Waals surface area contributed by atoms with E-state index in [1.807, 2.05) is 28.8 Å². The summed E-state index contributed by atoms with van der Waals surface area (Å²) in [6, 6.07) is 3.23. The number of imidazole rings is 1. The lowest BCUT2D eigenvalue weighted by molar-refractivity contribution is -0.143. The number of nitrogens with two attached hydrogens (primary N) is 1. The van der Waals surface area contributed by atoms with Crippen LogP contribution in [0, 0.1) is 5.92 Å². The molecule has 3 heterocycles. The Hall–Kier alpha value is -3.15. The number of unbranched alkanes of at least 4 members (excludes halogenated alkanes) is 1. The lowest BCUT2D eigenvalue weighted by Gasteiger charge is -2.29. The summed E-state index contributed by atoms with van der Waals surface area (Å²) in [5, 5.41) is 20.4. The average molecular weight is 530 g/mol. The molecule has 1 fully saturated rings. The van der Waals surface area contributed by atoms with Crippen LogP contribution in [-0.4, -0.2) is 87.0 Å². The normalized spacial score (nSPS) is 20.7. The molecule has 1 aromatic carbocycles. The number of fused-ring (bicyclic) bond motifs is 1. The van der Waals surface area contributed by atoms with Crippen LogP contribution < -0.4 is 15.2 Å². The van der Waals surface area contributed by atoms with Gasteiger partial charge in [0.2, 0.25) is 12.7 Å². The molecule has 2 aliphatic heterocycles. The number of carboxylic acids is 1. The Bertz CT molecular complexity index is 1120. The summed E-state index contributed by atoms with van der Waals surface area (Å²) in [5.41, 5.74) is 7.10. The maximum atomic E-state index is 13.4. The van der Waals surface area contributed by atoms with Crippen LogP contribution in [-0.2, 0) is 29.7 Å². The van der Waals surface area contributed by atoms with Crippen molar-refractivity contribution in [3.63, 3.8) is 0 Å². The van der Waals surface area contributed by atoms with Crippen LogP contribution in [0.4, 0.5) is 0 Å². The number of rotatable bonds is 13. The number of amides is 1. The van der Waals surface area contributed by atoms with Crippen molar-refractivity contribution in [1.82, 2.24) is 19.4 Å². The molecule has 0 saturated carbocycles. The van der Waals surface area contributed by atoms with Gasteiger partial charge in [-0.1, -0.05) is 13.3 Å². The smallest absolute Gasteiger partial charge is 0.308 e. The first-order valence-corrected chi connectivity index (χ1v) is 13.3. The zero-order valence-corrected chi connectivity index (χ0v) is 22.2. The topological polar surface area (TPSA) is 143 Å². The number of hydrogen-bond acceptors (Lipinski definition) is 8. The van der Waals surface area contributed by atoms with Crippen LogP contribution in [0.25, 0.3) is 0 Å². The molecule has 11 nitrogen and oxygen atoms in total. The van der Waals surface area contributed by atoms with Gasteiger partial charge >= 0.3 is 5.97 Å². The van der Waals surface area contributed by atoms with Crippen molar-refractivity contribution in [2.24, 2.45) is 18.7 Å². The highest BCUT2D eigenvalue weighted by atomic mass is 16.7. The number of likely N-dealkylation sites (tertiary alicyclic amines) is 1. The predicted molar refractivity (Wildman–Crippen MR) is 140 cm³/mol. The zero-order valence-electron chi connectivity index (χ0n) is 22.2. The van der Waals surface area contributed by atoms with Crippen LogP contribution >= 0.6 is 0 Å². The van der Waals surface area contributed by atoms with Gasteiger partial charge < -0.3 is 34.9 Å². The van der Waals surface area contributed by atoms with E-state index >= 15 is 0 Å². The maximum absolute atomic E-state index is 13.4. The van der Waals surface area contributed by atoms with Crippen LogP contribution in [0.5, 0.6) is 11.5 Å². The van der Waals surface area contributed by atoms with Gasteiger partial charge in [0.1, 0.15) is 5.82 Å². The average Bonchev–Trinajstić information content (AvgIpc) is 3.63. The lowest BCUT2D eigenvalue weighted by atomic mass is 9.83. The van der Waals surface area contributed by atoms with Crippen molar-refractivity contribution in [2.45, 2.75) is 51.2 Å². The Balaban J connectivity index is 1.65. The lowest BCUT2D eigenvalue weighted by Crippen LogP contribution is -2.45. The van der Waals surface area contributed by atoms with Gasteiger partial charge in [0, 0.05) is 69.6 Å². The van der Waals surface area contributed by atoms with Gasteiger partial charge in [0.15, 0.2) is 11.5 Å². The van der Waals surface area contributed by atoms with E-state index in [2.05, 4.69) is 11.9 Å². The van der Waals surface area contributed by atoms with Gasteiger partial charge in [-0.3, -0.25) is 14.5 Å². The number of aliphatic carboxylic acids is 1. The number of aryl methyl sites for hydroxylation is 2. The molecule has 3 atom stereocenters. The van der Waals surface area contributed by atoms with E-state index in [1.165, 1.54) is 0 Å². The van der Waals surface area contributed by atoms with E-state index < -0.39 is 17.8 Å². The summed E-state index contributed by atoms with van der Waals surface area (Å²) >= 11 is 0. The molecule has 11 heteroatoms. The molecule has 0 unspecified atom stereocenters. The minimum absolute atomic E-state index is 0.0441. The number of carbonyl (C=O) groups is 2. The van der Waals surface area contributed by atoms with Gasteiger partial charge in [-0.2, -0.15) is 0 Å². The first-order valence-electron chi connectivity index (χ1n) is 13.3. The van der Waals surface area contributed by atoms with Gasteiger partial charge in [0.05, 0.1) is 19.1 Å². The second-order valence-corrected chi connectivity index (χ2v) is 10.1. The van der Waals surface area contributed by atoms with E-state index in [0.717, 1.165) is 24.2 Å². The molecule has 0 bridgehead atoms. The summed E-state index contributed by atoms with van der Waals surface area (Å²) in [6.45, 7) is 3.87. The van der Waals surface area contributed by atoms with Crippen molar-refractivity contribution in [3.05, 3.63) is 41.5 Å². The fraction of sp³-hybridized carbons (Fsp3) is 0.593. The minimum Gasteiger partial charge on any atom is -0.481 e. The Morgan fingerprint density at radius 1 is 1.26 bits per heavy atom. The number of carbonyl (C=O) groups excluding carboxylic acids is 1. The Kier molecular flexibility index (Phi) is 9.24. The van der Waals surface area contributed by atoms with Gasteiger partial charge in [-0.15, -0.1) is 0 Å². The maximum Gasteiger partial charge on any atom is 0.308 e. The fourth-order valence-corrected chi connectivity index (χ4v) is 5.68. The van der Waals surface area contributed by atoms with Crippen LogP contribution in [0.1, 0.15) is 49.1 Å². The Morgan fingerprint density at radius 3 is 2.74 bits per heavy atom. The van der Waals surface area contributed by atoms with Crippen molar-refractivity contribution in [1.29, 1.82) is 0 Å². The Morgan fingerprint density at radius 2 is 2.08 bits per heavy atom. The Labute approximate surface area is 223 Å². The highest BCUT2D eigenvalue weighted by molar-refractivity contribution is 5.79. The van der Waals surface area contributed by atoms with E-state index in [0.29, 0.717) is 56.1 Å². The number of ether oxygens (including phenoxy) is 2. The molecule has 1 saturated heterocycles. The quantitative estimate of drug-likeness (QED) is 0.350. The molecule has 208 valence electrons. The molecule has 38 heavy (non-hydrogen) atoms. The van der Waals surface area contributed by atoms with Crippen molar-refractivity contribution in [3.8, 4) is 11.5 Å². The fourth-order valence-electron chi connectivity index (χ4n) is 5.68. The highest BCUT2D eigenvalue weighted by Crippen LogP contribution is 2.44. The number of carboxylic acid groups (broad SMARTS) is 1. The molecular formula is C27H39N5O6. The molecule has 4 rings (SSSR count). The second-order valence-electron chi connectivity index (χ2n) is 10.1. The number of aliphatic hydroxyl groups excluding tert-OH is 1. The summed E-state index contributed by atoms with van der Waals surface area (Å²) in [4.78, 5) is 34.4. The standard InChI is InChI=1S/C27H39N5O6/c1-3-4-9-31(10-7-28)24(34)15-32-14-20(18-12-19(16-33)26-22(13-18)37-17-38-26)25(27(35)36)21(32)5-6-23-29-8-11-30(23)2/h8,11-13,20-21,25,33H,3-7,9-10,14-17,28H2,1-2H3,(H,35,36)/t20-,21+,25-/m1/s1. The largest absolute Gasteiger partial charge is 0.481 e. The highest BCUT2D eigenvalue weighted by Gasteiger charge is 2.47. The third-order valence-corrected chi connectivity index (χ3v) is 7.66. The van der Waals surface area contributed by atoms with Gasteiger partial charge in [-0.25, -0.2) is 4.98 Å². The molecule has 2 aromatic rings. The number of aromatic nitrogens is 2. The number of benzene rings is 1. The summed E-state index contributed by atoms with van der Waals surface area (Å²) < 4.78 is 13.0. The third kappa shape index (κ3) is 5.95. The second kappa shape index (κ2) is 12.6. The summed E-state index contributed by atoms with van der Waals surface area (Å²) in [5.74, 6) is -0.252. The SMILES string of the molecule is CCCCN(CCN)C(=O)CN1C[C@H](c2cc(CO)c3c(c2)OCO3)[C@@H](C(=O)O)[C@@H]1CCc1nccn1C. The van der Waals surface area contributed by atoms with Crippen LogP contribution in [0.3, 0.4) is 0 Å². The predicted octanol–water partition coefficient (Wildman–Crippen LogP) is 1.33. The molecule has 0 radical (unpaired) electrons. The summed E-state index contributed by atoms with van der Waals surface area (Å²) in [6.07, 6.45) is 6.56. The van der Waals surface area contributed by atoms with Crippen molar-refractivity contribution < 1.29 is 29.3 Å². The van der Waals surface area contributed by atoms with Gasteiger partial charge in [0.25, 0.3) is 0 Å². The van der Waals surface area contributed by atoms with Crippen molar-refractivity contribution >= 4 is 11.9 Å². The summed E-state index contributed by atoms with van der Waals surface area (Å²) in [7, 11) is 1.91. The molecule has 0 aliphatic carbocycles. The van der Waals surface area contributed by atoms with E-state index in [4.69, 9.17) is 15.2 Å². The molecule has 0 spiro atoms. The molecule has 1 aromatic heterocycles. The monoisotopic (exact) mass is 529 g/mol. The number of nitrogens with zero attached hydrogens (tertiary/aromatic N) is 4. The first-order chi connectivity index (χ1) is 18.4. The van der Waals surface area contributed by atoms with E-state index in [-0.39, 0.29) is 31.9 Å². The first kappa shape index (κ1) is 27.9. The van der Waals surface area contributed by atoms with Crippen LogP contribution in [0.15, 0.2) is 24.5 Å². The zero-order chi connectivity index (χ0) is 27.2. The minimum atomic E-state index is -0.914. The van der Waals surface area contributed by atoms with E-state index in [9.17, 15) is 19.8 Å². The third-order valence-electron chi connectivity index (χ3n) is 7.66. The molecular weight excluding hydrogens is 490 g/mol. The molecule has 2 aliphatic rings. The molecule has 4 N–H and O–H groups in total. The van der Waals surface area contributed by atoms with Gasteiger partial charge in [-0.05, 0) is 30.5 Å². The van der Waals surface area contributed by atoms with Crippen molar-refractivity contribution in [2.75, 3.05) is 39.5 Å². The van der Waals surface area contributed by atoms with Crippen LogP contribution in [0.2, 0.25) is 0 Å². The molecule has 1 amide bonds. The number of aliphatic hydroxyl groups is 1. The number of hydrogen-bond donors (Lipinski definition) is 3. The van der Waals surface area contributed by atoms with E-state index in [1.54, 1.807) is 17.2 Å².